The summed E-state index contributed by atoms with van der Waals surface area (Å²) in [6.07, 6.45) is 28.5. The molecule has 0 spiro atoms. The molecular formula is C33H56N2O3. The molecule has 1 heterocycles. The third-order valence-electron chi connectivity index (χ3n) is 7.78. The van der Waals surface area contributed by atoms with Crippen LogP contribution in [0.4, 0.5) is 0 Å². The van der Waals surface area contributed by atoms with Gasteiger partial charge in [-0.2, -0.15) is 0 Å². The summed E-state index contributed by atoms with van der Waals surface area (Å²) < 4.78 is 0. The number of amides is 1. The van der Waals surface area contributed by atoms with Crippen molar-refractivity contribution in [2.45, 2.75) is 148 Å². The molecule has 0 aliphatic rings. The Bertz CT molecular complexity index is 876. The highest BCUT2D eigenvalue weighted by atomic mass is 16.3. The predicted molar refractivity (Wildman–Crippen MR) is 161 cm³/mol. The quantitative estimate of drug-likeness (QED) is 0.0808. The van der Waals surface area contributed by atoms with Gasteiger partial charge >= 0.3 is 0 Å². The van der Waals surface area contributed by atoms with Crippen LogP contribution in [-0.2, 0) is 11.2 Å². The van der Waals surface area contributed by atoms with Crippen LogP contribution in [0.25, 0.3) is 10.9 Å². The van der Waals surface area contributed by atoms with Gasteiger partial charge in [-0.05, 0) is 24.6 Å². The third kappa shape index (κ3) is 14.1. The Hall–Kier alpha value is -2.17. The molecule has 0 fully saturated rings. The summed E-state index contributed by atoms with van der Waals surface area (Å²) in [4.78, 5) is 15.3. The minimum absolute atomic E-state index is 0.103. The highest BCUT2D eigenvalue weighted by Gasteiger charge is 2.09. The maximum Gasteiger partial charge on any atom is 0.220 e. The molecule has 0 radical (unpaired) electrons. The molecule has 2 aromatic rings. The van der Waals surface area contributed by atoms with Crippen LogP contribution in [0.3, 0.4) is 0 Å². The molecule has 0 saturated carbocycles. The molecule has 38 heavy (non-hydrogen) atoms. The smallest absolute Gasteiger partial charge is 0.220 e. The van der Waals surface area contributed by atoms with Gasteiger partial charge in [0.2, 0.25) is 5.91 Å². The van der Waals surface area contributed by atoms with Crippen molar-refractivity contribution in [1.82, 2.24) is 10.3 Å². The van der Waals surface area contributed by atoms with E-state index in [-0.39, 0.29) is 17.4 Å². The minimum Gasteiger partial charge on any atom is -0.504 e. The lowest BCUT2D eigenvalue weighted by atomic mass is 10.0. The Kier molecular flexibility index (Phi) is 17.5. The van der Waals surface area contributed by atoms with E-state index in [1.54, 1.807) is 6.07 Å². The summed E-state index contributed by atoms with van der Waals surface area (Å²) in [5.41, 5.74) is 1.71. The molecule has 5 heteroatoms. The first-order valence-corrected chi connectivity index (χ1v) is 15.9. The number of fused-ring (bicyclic) bond motifs is 1. The first kappa shape index (κ1) is 32.0. The second-order valence-electron chi connectivity index (χ2n) is 11.3. The fourth-order valence-corrected chi connectivity index (χ4v) is 5.34. The highest BCUT2D eigenvalue weighted by Crippen LogP contribution is 2.33. The van der Waals surface area contributed by atoms with E-state index in [9.17, 15) is 15.0 Å². The predicted octanol–water partition coefficient (Wildman–Crippen LogP) is 9.45. The highest BCUT2D eigenvalue weighted by molar-refractivity contribution is 5.88. The van der Waals surface area contributed by atoms with E-state index in [2.05, 4.69) is 17.2 Å². The van der Waals surface area contributed by atoms with Crippen molar-refractivity contribution < 1.29 is 15.0 Å². The lowest BCUT2D eigenvalue weighted by Crippen LogP contribution is -2.25. The number of aromatic hydroxyl groups is 2. The van der Waals surface area contributed by atoms with Gasteiger partial charge in [0.15, 0.2) is 11.5 Å². The Morgan fingerprint density at radius 1 is 0.711 bits per heavy atom. The average molecular weight is 529 g/mol. The summed E-state index contributed by atoms with van der Waals surface area (Å²) >= 11 is 0. The number of hydrogen-bond donors (Lipinski definition) is 4. The Balaban J connectivity index is 1.30. The van der Waals surface area contributed by atoms with Gasteiger partial charge in [-0.1, -0.05) is 129 Å². The Morgan fingerprint density at radius 2 is 1.18 bits per heavy atom. The molecule has 1 aromatic carbocycles. The number of benzene rings is 1. The number of phenolic OH excluding ortho intramolecular Hbond substituents is 2. The first-order chi connectivity index (χ1) is 18.6. The molecule has 0 unspecified atom stereocenters. The van der Waals surface area contributed by atoms with Gasteiger partial charge in [0.1, 0.15) is 0 Å². The van der Waals surface area contributed by atoms with Crippen molar-refractivity contribution in [2.24, 2.45) is 0 Å². The summed E-state index contributed by atoms with van der Waals surface area (Å²) in [7, 11) is 0. The van der Waals surface area contributed by atoms with Crippen LogP contribution < -0.4 is 5.32 Å². The SMILES string of the molecule is CCCCCCCCCCCCCCCCCCCCCCC(=O)NCCc1cc2c(O)c(O)ccc2[nH]1. The molecule has 0 bridgehead atoms. The van der Waals surface area contributed by atoms with E-state index < -0.39 is 0 Å². The summed E-state index contributed by atoms with van der Waals surface area (Å²) in [5.74, 6) is -0.108. The molecule has 216 valence electrons. The summed E-state index contributed by atoms with van der Waals surface area (Å²) in [6.45, 7) is 2.85. The molecule has 1 amide bonds. The van der Waals surface area contributed by atoms with Crippen LogP contribution in [0.1, 0.15) is 147 Å². The van der Waals surface area contributed by atoms with E-state index in [0.717, 1.165) is 24.1 Å². The fraction of sp³-hybridized carbons (Fsp3) is 0.727. The number of aromatic amines is 1. The first-order valence-electron chi connectivity index (χ1n) is 15.9. The fourth-order valence-electron chi connectivity index (χ4n) is 5.34. The van der Waals surface area contributed by atoms with Gasteiger partial charge < -0.3 is 20.5 Å². The van der Waals surface area contributed by atoms with E-state index >= 15 is 0 Å². The Morgan fingerprint density at radius 3 is 1.68 bits per heavy atom. The van der Waals surface area contributed by atoms with Gasteiger partial charge in [-0.15, -0.1) is 0 Å². The maximum absolute atomic E-state index is 12.1. The zero-order valence-corrected chi connectivity index (χ0v) is 24.3. The van der Waals surface area contributed by atoms with Crippen LogP contribution in [-0.4, -0.2) is 27.6 Å². The molecule has 2 rings (SSSR count). The molecule has 1 aromatic heterocycles. The molecular weight excluding hydrogens is 472 g/mol. The molecule has 5 nitrogen and oxygen atoms in total. The van der Waals surface area contributed by atoms with Gasteiger partial charge in [0.05, 0.1) is 0 Å². The maximum atomic E-state index is 12.1. The lowest BCUT2D eigenvalue weighted by molar-refractivity contribution is -0.121. The standard InChI is InChI=1S/C33H56N2O3/c1-2-3-4-5-6-7-8-9-10-11-12-13-14-15-16-17-18-19-20-21-22-32(37)34-26-25-28-27-29-30(35-28)23-24-31(36)33(29)38/h23-24,27,35-36,38H,2-22,25-26H2,1H3,(H,34,37). The molecule has 0 aliphatic carbocycles. The van der Waals surface area contributed by atoms with E-state index in [0.29, 0.717) is 24.8 Å². The van der Waals surface area contributed by atoms with E-state index in [1.165, 1.54) is 122 Å². The van der Waals surface area contributed by atoms with E-state index in [1.807, 2.05) is 6.07 Å². The van der Waals surface area contributed by atoms with Crippen molar-refractivity contribution in [3.8, 4) is 11.5 Å². The number of rotatable bonds is 24. The topological polar surface area (TPSA) is 85.3 Å². The average Bonchev–Trinajstić information content (AvgIpc) is 3.33. The second kappa shape index (κ2) is 20.7. The molecule has 4 N–H and O–H groups in total. The van der Waals surface area contributed by atoms with Crippen LogP contribution in [0.5, 0.6) is 11.5 Å². The van der Waals surface area contributed by atoms with Crippen LogP contribution in [0.2, 0.25) is 0 Å². The minimum atomic E-state index is -0.119. The molecule has 0 aliphatic heterocycles. The monoisotopic (exact) mass is 528 g/mol. The van der Waals surface area contributed by atoms with E-state index in [4.69, 9.17) is 0 Å². The van der Waals surface area contributed by atoms with Crippen LogP contribution in [0.15, 0.2) is 18.2 Å². The van der Waals surface area contributed by atoms with Crippen molar-refractivity contribution >= 4 is 16.8 Å². The van der Waals surface area contributed by atoms with Gasteiger partial charge in [0.25, 0.3) is 0 Å². The number of carbonyl (C=O) groups excluding carboxylic acids is 1. The zero-order chi connectivity index (χ0) is 27.3. The largest absolute Gasteiger partial charge is 0.504 e. The van der Waals surface area contributed by atoms with Gasteiger partial charge in [-0.25, -0.2) is 0 Å². The second-order valence-corrected chi connectivity index (χ2v) is 11.3. The lowest BCUT2D eigenvalue weighted by Gasteiger charge is -2.05. The number of unbranched alkanes of at least 4 members (excludes halogenated alkanes) is 19. The third-order valence-corrected chi connectivity index (χ3v) is 7.78. The van der Waals surface area contributed by atoms with Gasteiger partial charge in [-0.3, -0.25) is 4.79 Å². The number of nitrogens with one attached hydrogen (secondary N) is 2. The van der Waals surface area contributed by atoms with Crippen molar-refractivity contribution in [3.63, 3.8) is 0 Å². The Labute approximate surface area is 232 Å². The normalized spacial score (nSPS) is 11.4. The van der Waals surface area contributed by atoms with Gasteiger partial charge in [0, 0.05) is 36.0 Å². The molecule has 0 saturated heterocycles. The van der Waals surface area contributed by atoms with Crippen LogP contribution >= 0.6 is 0 Å². The van der Waals surface area contributed by atoms with Crippen molar-refractivity contribution in [1.29, 1.82) is 0 Å². The van der Waals surface area contributed by atoms with Crippen LogP contribution in [0, 0.1) is 0 Å². The number of carbonyl (C=O) groups is 1. The number of H-pyrrole nitrogens is 1. The zero-order valence-electron chi connectivity index (χ0n) is 24.3. The summed E-state index contributed by atoms with van der Waals surface area (Å²) in [6, 6.07) is 5.04. The van der Waals surface area contributed by atoms with Crippen molar-refractivity contribution in [2.75, 3.05) is 6.54 Å². The summed E-state index contributed by atoms with van der Waals surface area (Å²) in [5, 5.41) is 23.1. The number of hydrogen-bond acceptors (Lipinski definition) is 3. The van der Waals surface area contributed by atoms with Crippen molar-refractivity contribution in [3.05, 3.63) is 23.9 Å². The molecule has 0 atom stereocenters. The number of phenols is 2. The number of aromatic nitrogens is 1.